The average molecular weight is 397 g/mol. The number of aryl methyl sites for hydroxylation is 1. The van der Waals surface area contributed by atoms with Crippen molar-refractivity contribution in [3.8, 4) is 0 Å². The van der Waals surface area contributed by atoms with Crippen molar-refractivity contribution in [1.29, 1.82) is 0 Å². The minimum atomic E-state index is -0.431. The van der Waals surface area contributed by atoms with Crippen molar-refractivity contribution in [2.45, 2.75) is 11.8 Å². The zero-order valence-corrected chi connectivity index (χ0v) is 13.8. The van der Waals surface area contributed by atoms with Crippen LogP contribution >= 0.6 is 31.9 Å². The fraction of sp³-hybridized carbons (Fsp3) is 0.133. The number of rotatable bonds is 2. The number of oxazole rings is 1. The molecule has 5 heteroatoms. The maximum Gasteiger partial charge on any atom is 0.417 e. The van der Waals surface area contributed by atoms with Crippen molar-refractivity contribution in [3.63, 3.8) is 0 Å². The summed E-state index contributed by atoms with van der Waals surface area (Å²) in [5.41, 5.74) is 4.65. The Morgan fingerprint density at radius 1 is 1.20 bits per heavy atom. The van der Waals surface area contributed by atoms with E-state index < -0.39 is 5.76 Å². The summed E-state index contributed by atoms with van der Waals surface area (Å²) in [4.78, 5) is 13.9. The SMILES string of the molecule is Cc1ccc(C(Br)c2ccc3[nH]c(=O)oc3c2)c(Br)c1. The van der Waals surface area contributed by atoms with E-state index in [9.17, 15) is 4.79 Å². The second kappa shape index (κ2) is 5.22. The van der Waals surface area contributed by atoms with Crippen LogP contribution in [0.5, 0.6) is 0 Å². The first-order valence-electron chi connectivity index (χ1n) is 6.07. The molecule has 0 aliphatic rings. The Kier molecular flexibility index (Phi) is 3.56. The maximum absolute atomic E-state index is 11.2. The average Bonchev–Trinajstić information content (AvgIpc) is 2.77. The summed E-state index contributed by atoms with van der Waals surface area (Å²) in [5, 5.41) is 0. The summed E-state index contributed by atoms with van der Waals surface area (Å²) < 4.78 is 6.15. The number of fused-ring (bicyclic) bond motifs is 1. The Labute approximate surface area is 132 Å². The van der Waals surface area contributed by atoms with Crippen molar-refractivity contribution >= 4 is 43.0 Å². The molecule has 3 aromatic rings. The van der Waals surface area contributed by atoms with Crippen LogP contribution in [0.1, 0.15) is 21.5 Å². The normalized spacial score (nSPS) is 12.8. The molecule has 102 valence electrons. The fourth-order valence-corrected chi connectivity index (χ4v) is 3.85. The van der Waals surface area contributed by atoms with Gasteiger partial charge >= 0.3 is 5.76 Å². The molecule has 1 atom stereocenters. The maximum atomic E-state index is 11.2. The molecule has 0 fully saturated rings. The summed E-state index contributed by atoms with van der Waals surface area (Å²) in [6, 6.07) is 11.9. The van der Waals surface area contributed by atoms with Crippen molar-refractivity contribution in [1.82, 2.24) is 4.98 Å². The van der Waals surface area contributed by atoms with E-state index in [1.165, 1.54) is 5.56 Å². The topological polar surface area (TPSA) is 46.0 Å². The van der Waals surface area contributed by atoms with E-state index in [2.05, 4.69) is 62.0 Å². The minimum absolute atomic E-state index is 0.0297. The second-order valence-corrected chi connectivity index (χ2v) is 6.43. The van der Waals surface area contributed by atoms with E-state index in [1.807, 2.05) is 18.2 Å². The lowest BCUT2D eigenvalue weighted by Crippen LogP contribution is -1.94. The summed E-state index contributed by atoms with van der Waals surface area (Å²) in [6.45, 7) is 2.05. The van der Waals surface area contributed by atoms with E-state index in [4.69, 9.17) is 4.42 Å². The van der Waals surface area contributed by atoms with Gasteiger partial charge in [-0.2, -0.15) is 0 Å². The van der Waals surface area contributed by atoms with Crippen LogP contribution in [0.15, 0.2) is 50.1 Å². The molecule has 1 heterocycles. The lowest BCUT2D eigenvalue weighted by atomic mass is 10.0. The van der Waals surface area contributed by atoms with E-state index in [0.29, 0.717) is 11.1 Å². The molecule has 3 nitrogen and oxygen atoms in total. The number of H-pyrrole nitrogens is 1. The van der Waals surface area contributed by atoms with Gasteiger partial charge in [-0.3, -0.25) is 4.98 Å². The molecule has 2 aromatic carbocycles. The first-order valence-corrected chi connectivity index (χ1v) is 7.78. The molecule has 1 N–H and O–H groups in total. The molecule has 0 spiro atoms. The van der Waals surface area contributed by atoms with Crippen LogP contribution in [0, 0.1) is 6.92 Å². The van der Waals surface area contributed by atoms with Crippen LogP contribution in [-0.2, 0) is 0 Å². The minimum Gasteiger partial charge on any atom is -0.408 e. The van der Waals surface area contributed by atoms with Gasteiger partial charge in [0, 0.05) is 4.47 Å². The zero-order chi connectivity index (χ0) is 14.3. The summed E-state index contributed by atoms with van der Waals surface area (Å²) in [5.74, 6) is -0.431. The smallest absolute Gasteiger partial charge is 0.408 e. The first-order chi connectivity index (χ1) is 9.54. The van der Waals surface area contributed by atoms with Crippen molar-refractivity contribution in [2.75, 3.05) is 0 Å². The van der Waals surface area contributed by atoms with Crippen molar-refractivity contribution in [3.05, 3.63) is 68.1 Å². The third kappa shape index (κ3) is 2.47. The van der Waals surface area contributed by atoms with E-state index in [1.54, 1.807) is 0 Å². The van der Waals surface area contributed by atoms with Gasteiger partial charge in [0.25, 0.3) is 0 Å². The third-order valence-corrected chi connectivity index (χ3v) is 4.88. The summed E-state index contributed by atoms with van der Waals surface area (Å²) in [6.07, 6.45) is 0. The van der Waals surface area contributed by atoms with Gasteiger partial charge in [-0.15, -0.1) is 0 Å². The molecule has 0 aliphatic heterocycles. The third-order valence-electron chi connectivity index (χ3n) is 3.17. The number of hydrogen-bond donors (Lipinski definition) is 1. The quantitative estimate of drug-likeness (QED) is 0.639. The van der Waals surface area contributed by atoms with Crippen LogP contribution in [0.3, 0.4) is 0 Å². The highest BCUT2D eigenvalue weighted by Gasteiger charge is 2.15. The molecular weight excluding hydrogens is 386 g/mol. The number of aromatic amines is 1. The van der Waals surface area contributed by atoms with Gasteiger partial charge in [-0.05, 0) is 41.8 Å². The summed E-state index contributed by atoms with van der Waals surface area (Å²) >= 11 is 7.29. The molecule has 20 heavy (non-hydrogen) atoms. The van der Waals surface area contributed by atoms with E-state index in [-0.39, 0.29) is 4.83 Å². The van der Waals surface area contributed by atoms with Gasteiger partial charge in [0.15, 0.2) is 5.58 Å². The molecule has 0 bridgehead atoms. The second-order valence-electron chi connectivity index (χ2n) is 4.66. The molecule has 0 amide bonds. The van der Waals surface area contributed by atoms with Gasteiger partial charge in [-0.25, -0.2) is 4.79 Å². The van der Waals surface area contributed by atoms with Crippen LogP contribution < -0.4 is 5.76 Å². The van der Waals surface area contributed by atoms with Gasteiger partial charge < -0.3 is 4.42 Å². The number of halogens is 2. The van der Waals surface area contributed by atoms with Gasteiger partial charge in [0.05, 0.1) is 10.3 Å². The highest BCUT2D eigenvalue weighted by molar-refractivity contribution is 9.11. The van der Waals surface area contributed by atoms with E-state index in [0.717, 1.165) is 15.6 Å². The lowest BCUT2D eigenvalue weighted by Gasteiger charge is -2.13. The molecule has 0 saturated heterocycles. The Bertz CT molecular complexity index is 835. The van der Waals surface area contributed by atoms with E-state index >= 15 is 0 Å². The standard InChI is InChI=1S/C15H11Br2NO2/c1-8-2-4-10(11(16)6-8)14(17)9-3-5-12-13(7-9)20-15(19)18-12/h2-7,14H,1H3,(H,18,19). The Balaban J connectivity index is 2.06. The Morgan fingerprint density at radius 3 is 2.75 bits per heavy atom. The predicted molar refractivity (Wildman–Crippen MR) is 86.5 cm³/mol. The van der Waals surface area contributed by atoms with Crippen molar-refractivity contribution < 1.29 is 4.42 Å². The number of hydrogen-bond acceptors (Lipinski definition) is 2. The lowest BCUT2D eigenvalue weighted by molar-refractivity contribution is 0.555. The molecular formula is C15H11Br2NO2. The monoisotopic (exact) mass is 395 g/mol. The molecule has 1 aromatic heterocycles. The molecule has 0 radical (unpaired) electrons. The zero-order valence-electron chi connectivity index (χ0n) is 10.6. The number of benzene rings is 2. The fourth-order valence-electron chi connectivity index (χ4n) is 2.14. The van der Waals surface area contributed by atoms with Crippen LogP contribution in [-0.4, -0.2) is 4.98 Å². The van der Waals surface area contributed by atoms with Crippen LogP contribution in [0.4, 0.5) is 0 Å². The molecule has 0 saturated carbocycles. The number of nitrogens with one attached hydrogen (secondary N) is 1. The van der Waals surface area contributed by atoms with Gasteiger partial charge in [0.2, 0.25) is 0 Å². The predicted octanol–water partition coefficient (Wildman–Crippen LogP) is 4.68. The first kappa shape index (κ1) is 13.6. The Morgan fingerprint density at radius 2 is 2.00 bits per heavy atom. The van der Waals surface area contributed by atoms with Crippen LogP contribution in [0.25, 0.3) is 11.1 Å². The molecule has 1 unspecified atom stereocenters. The summed E-state index contributed by atoms with van der Waals surface area (Å²) in [7, 11) is 0. The number of aromatic nitrogens is 1. The van der Waals surface area contributed by atoms with Gasteiger partial charge in [0.1, 0.15) is 0 Å². The molecule has 0 aliphatic carbocycles. The van der Waals surface area contributed by atoms with Crippen molar-refractivity contribution in [2.24, 2.45) is 0 Å². The number of alkyl halides is 1. The Hall–Kier alpha value is -1.33. The largest absolute Gasteiger partial charge is 0.417 e. The van der Waals surface area contributed by atoms with Crippen LogP contribution in [0.2, 0.25) is 0 Å². The molecule has 3 rings (SSSR count). The van der Waals surface area contributed by atoms with Gasteiger partial charge in [-0.1, -0.05) is 50.1 Å². The highest BCUT2D eigenvalue weighted by Crippen LogP contribution is 2.36. The highest BCUT2D eigenvalue weighted by atomic mass is 79.9.